The SMILES string of the molecule is Cc1cccc(C(C)C)c1NC(=O)C(C)OC(=O)c1cccc(Cl)c1Cl. The number of benzene rings is 2. The van der Waals surface area contributed by atoms with Crippen molar-refractivity contribution in [3.8, 4) is 0 Å². The molecule has 1 amide bonds. The molecule has 1 unspecified atom stereocenters. The van der Waals surface area contributed by atoms with Crippen LogP contribution in [0.5, 0.6) is 0 Å². The fourth-order valence-corrected chi connectivity index (χ4v) is 2.88. The Kier molecular flexibility index (Phi) is 6.68. The molecule has 2 rings (SSSR count). The second-order valence-corrected chi connectivity index (χ2v) is 7.12. The number of para-hydroxylation sites is 1. The van der Waals surface area contributed by atoms with Gasteiger partial charge in [0.1, 0.15) is 0 Å². The molecule has 1 atom stereocenters. The number of esters is 1. The number of rotatable bonds is 5. The first-order valence-electron chi connectivity index (χ1n) is 8.27. The molecule has 2 aromatic rings. The molecule has 26 heavy (non-hydrogen) atoms. The lowest BCUT2D eigenvalue weighted by Gasteiger charge is -2.19. The second-order valence-electron chi connectivity index (χ2n) is 6.33. The van der Waals surface area contributed by atoms with E-state index < -0.39 is 18.0 Å². The number of ether oxygens (including phenoxy) is 1. The zero-order valence-corrected chi connectivity index (χ0v) is 16.6. The molecule has 138 valence electrons. The van der Waals surface area contributed by atoms with Crippen molar-refractivity contribution >= 4 is 40.8 Å². The van der Waals surface area contributed by atoms with Crippen molar-refractivity contribution in [3.05, 3.63) is 63.1 Å². The number of nitrogens with one attached hydrogen (secondary N) is 1. The molecule has 0 aromatic heterocycles. The van der Waals surface area contributed by atoms with Crippen LogP contribution in [0.3, 0.4) is 0 Å². The third-order valence-corrected chi connectivity index (χ3v) is 4.82. The molecule has 0 saturated carbocycles. The molecule has 0 aliphatic heterocycles. The summed E-state index contributed by atoms with van der Waals surface area (Å²) in [5.41, 5.74) is 2.84. The van der Waals surface area contributed by atoms with Crippen LogP contribution in [0.1, 0.15) is 48.2 Å². The van der Waals surface area contributed by atoms with Crippen LogP contribution in [0.25, 0.3) is 0 Å². The van der Waals surface area contributed by atoms with Crippen LogP contribution in [0, 0.1) is 6.92 Å². The van der Waals surface area contributed by atoms with Crippen molar-refractivity contribution in [3.63, 3.8) is 0 Å². The lowest BCUT2D eigenvalue weighted by atomic mass is 9.98. The first kappa shape index (κ1) is 20.3. The van der Waals surface area contributed by atoms with Gasteiger partial charge in [0.2, 0.25) is 0 Å². The molecule has 0 aliphatic carbocycles. The predicted octanol–water partition coefficient (Wildman–Crippen LogP) is 5.61. The maximum atomic E-state index is 12.5. The van der Waals surface area contributed by atoms with Crippen molar-refractivity contribution in [2.24, 2.45) is 0 Å². The van der Waals surface area contributed by atoms with E-state index in [4.69, 9.17) is 27.9 Å². The van der Waals surface area contributed by atoms with Gasteiger partial charge in [0.25, 0.3) is 5.91 Å². The van der Waals surface area contributed by atoms with Crippen LogP contribution in [0.2, 0.25) is 10.0 Å². The molecule has 6 heteroatoms. The summed E-state index contributed by atoms with van der Waals surface area (Å²) in [6, 6.07) is 10.5. The van der Waals surface area contributed by atoms with E-state index in [0.717, 1.165) is 16.8 Å². The number of halogens is 2. The molecule has 0 bridgehead atoms. The molecule has 0 radical (unpaired) electrons. The molecular weight excluding hydrogens is 373 g/mol. The molecule has 0 saturated heterocycles. The molecule has 2 aromatic carbocycles. The Morgan fingerprint density at radius 1 is 1.04 bits per heavy atom. The van der Waals surface area contributed by atoms with Crippen molar-refractivity contribution < 1.29 is 14.3 Å². The van der Waals surface area contributed by atoms with Crippen LogP contribution < -0.4 is 5.32 Å². The van der Waals surface area contributed by atoms with Gasteiger partial charge in [0.05, 0.1) is 15.6 Å². The van der Waals surface area contributed by atoms with E-state index in [2.05, 4.69) is 19.2 Å². The van der Waals surface area contributed by atoms with Gasteiger partial charge in [-0.05, 0) is 43.0 Å². The highest BCUT2D eigenvalue weighted by Crippen LogP contribution is 2.28. The first-order valence-corrected chi connectivity index (χ1v) is 9.03. The largest absolute Gasteiger partial charge is 0.449 e. The van der Waals surface area contributed by atoms with Gasteiger partial charge >= 0.3 is 5.97 Å². The van der Waals surface area contributed by atoms with Crippen molar-refractivity contribution in [2.75, 3.05) is 5.32 Å². The van der Waals surface area contributed by atoms with Gasteiger partial charge < -0.3 is 10.1 Å². The van der Waals surface area contributed by atoms with E-state index in [1.165, 1.54) is 13.0 Å². The topological polar surface area (TPSA) is 55.4 Å². The summed E-state index contributed by atoms with van der Waals surface area (Å²) in [6.07, 6.45) is -0.989. The standard InChI is InChI=1S/C20H21Cl2NO3/c1-11(2)14-8-5-7-12(3)18(14)23-19(24)13(4)26-20(25)15-9-6-10-16(21)17(15)22/h5-11,13H,1-4H3,(H,23,24). The van der Waals surface area contributed by atoms with E-state index >= 15 is 0 Å². The fraction of sp³-hybridized carbons (Fsp3) is 0.300. The molecular formula is C20H21Cl2NO3. The monoisotopic (exact) mass is 393 g/mol. The Morgan fingerprint density at radius 2 is 1.69 bits per heavy atom. The number of carbonyl (C=O) groups is 2. The van der Waals surface area contributed by atoms with Crippen molar-refractivity contribution in [2.45, 2.75) is 39.7 Å². The molecule has 0 heterocycles. The van der Waals surface area contributed by atoms with E-state index in [9.17, 15) is 9.59 Å². The van der Waals surface area contributed by atoms with Gasteiger partial charge in [0, 0.05) is 5.69 Å². The summed E-state index contributed by atoms with van der Waals surface area (Å²) >= 11 is 11.9. The summed E-state index contributed by atoms with van der Waals surface area (Å²) in [5.74, 6) is -0.866. The van der Waals surface area contributed by atoms with E-state index in [0.29, 0.717) is 0 Å². The Hall–Kier alpha value is -2.04. The summed E-state index contributed by atoms with van der Waals surface area (Å²) < 4.78 is 5.25. The number of aryl methyl sites for hydroxylation is 1. The van der Waals surface area contributed by atoms with Gasteiger partial charge in [-0.15, -0.1) is 0 Å². The highest BCUT2D eigenvalue weighted by Gasteiger charge is 2.22. The van der Waals surface area contributed by atoms with Crippen LogP contribution in [-0.4, -0.2) is 18.0 Å². The molecule has 0 fully saturated rings. The predicted molar refractivity (Wildman–Crippen MR) is 105 cm³/mol. The fourth-order valence-electron chi connectivity index (χ4n) is 2.51. The average molecular weight is 394 g/mol. The van der Waals surface area contributed by atoms with Crippen molar-refractivity contribution in [1.82, 2.24) is 0 Å². The summed E-state index contributed by atoms with van der Waals surface area (Å²) in [7, 11) is 0. The molecule has 1 N–H and O–H groups in total. The molecule has 0 aliphatic rings. The smallest absolute Gasteiger partial charge is 0.340 e. The zero-order valence-electron chi connectivity index (χ0n) is 15.1. The highest BCUT2D eigenvalue weighted by atomic mass is 35.5. The number of anilines is 1. The quantitative estimate of drug-likeness (QED) is 0.671. The maximum Gasteiger partial charge on any atom is 0.340 e. The number of carbonyl (C=O) groups excluding carboxylic acids is 2. The van der Waals surface area contributed by atoms with Gasteiger partial charge in [-0.1, -0.05) is 61.3 Å². The summed E-state index contributed by atoms with van der Waals surface area (Å²) in [5, 5.41) is 3.22. The summed E-state index contributed by atoms with van der Waals surface area (Å²) in [4.78, 5) is 24.8. The normalized spacial score (nSPS) is 12.0. The minimum absolute atomic E-state index is 0.104. The first-order chi connectivity index (χ1) is 12.2. The average Bonchev–Trinajstić information content (AvgIpc) is 2.58. The van der Waals surface area contributed by atoms with Crippen molar-refractivity contribution in [1.29, 1.82) is 0 Å². The minimum atomic E-state index is -0.989. The van der Waals surface area contributed by atoms with Crippen LogP contribution in [-0.2, 0) is 9.53 Å². The zero-order chi connectivity index (χ0) is 19.4. The van der Waals surface area contributed by atoms with Gasteiger partial charge in [-0.2, -0.15) is 0 Å². The van der Waals surface area contributed by atoms with Gasteiger partial charge in [-0.3, -0.25) is 4.79 Å². The van der Waals surface area contributed by atoms with E-state index in [1.54, 1.807) is 12.1 Å². The summed E-state index contributed by atoms with van der Waals surface area (Å²) in [6.45, 7) is 7.53. The van der Waals surface area contributed by atoms with E-state index in [1.807, 2.05) is 25.1 Å². The van der Waals surface area contributed by atoms with Crippen LogP contribution >= 0.6 is 23.2 Å². The lowest BCUT2D eigenvalue weighted by Crippen LogP contribution is -2.30. The highest BCUT2D eigenvalue weighted by molar-refractivity contribution is 6.43. The number of amides is 1. The van der Waals surface area contributed by atoms with Gasteiger partial charge in [-0.25, -0.2) is 4.79 Å². The van der Waals surface area contributed by atoms with Crippen LogP contribution in [0.4, 0.5) is 5.69 Å². The Bertz CT molecular complexity index is 834. The number of hydrogen-bond donors (Lipinski definition) is 1. The Balaban J connectivity index is 2.14. The second kappa shape index (κ2) is 8.56. The number of hydrogen-bond acceptors (Lipinski definition) is 3. The minimum Gasteiger partial charge on any atom is -0.449 e. The lowest BCUT2D eigenvalue weighted by molar-refractivity contribution is -0.123. The Morgan fingerprint density at radius 3 is 2.35 bits per heavy atom. The Labute approximate surface area is 163 Å². The van der Waals surface area contributed by atoms with Crippen LogP contribution in [0.15, 0.2) is 36.4 Å². The van der Waals surface area contributed by atoms with E-state index in [-0.39, 0.29) is 21.5 Å². The molecule has 4 nitrogen and oxygen atoms in total. The maximum absolute atomic E-state index is 12.5. The van der Waals surface area contributed by atoms with Gasteiger partial charge in [0.15, 0.2) is 6.10 Å². The molecule has 0 spiro atoms. The third-order valence-electron chi connectivity index (χ3n) is 4.00. The third kappa shape index (κ3) is 4.57.